The molecule has 2 nitrogen and oxygen atoms in total. The van der Waals surface area contributed by atoms with E-state index < -0.39 is 0 Å². The zero-order valence-electron chi connectivity index (χ0n) is 10.8. The lowest BCUT2D eigenvalue weighted by atomic mass is 10.0. The molecule has 0 aromatic heterocycles. The van der Waals surface area contributed by atoms with Crippen molar-refractivity contribution in [3.05, 3.63) is 30.1 Å². The summed E-state index contributed by atoms with van der Waals surface area (Å²) in [5, 5.41) is 0. The highest BCUT2D eigenvalue weighted by Gasteiger charge is 2.09. The second kappa shape index (κ2) is 7.28. The first-order valence-electron chi connectivity index (χ1n) is 6.38. The van der Waals surface area contributed by atoms with Crippen LogP contribution in [0.15, 0.2) is 24.3 Å². The molecule has 0 saturated carbocycles. The molecule has 0 aliphatic rings. The average Bonchev–Trinajstić information content (AvgIpc) is 2.33. The molecular formula is C14H23FN2. The Kier molecular flexibility index (Phi) is 5.98. The van der Waals surface area contributed by atoms with Gasteiger partial charge in [-0.1, -0.05) is 13.0 Å². The van der Waals surface area contributed by atoms with Gasteiger partial charge < -0.3 is 10.6 Å². The number of nitrogens with two attached hydrogens (primary N) is 1. The van der Waals surface area contributed by atoms with Gasteiger partial charge in [-0.05, 0) is 50.4 Å². The number of anilines is 1. The summed E-state index contributed by atoms with van der Waals surface area (Å²) < 4.78 is 13.2. The summed E-state index contributed by atoms with van der Waals surface area (Å²) in [6.07, 6.45) is 2.18. The minimum absolute atomic E-state index is 0.171. The smallest absolute Gasteiger partial charge is 0.125 e. The molecule has 1 aromatic rings. The van der Waals surface area contributed by atoms with Crippen LogP contribution in [0.1, 0.15) is 26.7 Å². The third kappa shape index (κ3) is 4.73. The number of hydrogen-bond donors (Lipinski definition) is 1. The van der Waals surface area contributed by atoms with Crippen molar-refractivity contribution in [3.63, 3.8) is 0 Å². The molecule has 0 aliphatic carbocycles. The van der Waals surface area contributed by atoms with Gasteiger partial charge in [0.05, 0.1) is 0 Å². The standard InChI is InChI=1S/C14H23FN2/c1-3-17(11-12(2)6-5-9-16)14-8-4-7-13(15)10-14/h4,7-8,10,12H,3,5-6,9,11,16H2,1-2H3. The van der Waals surface area contributed by atoms with Crippen LogP contribution in [0.2, 0.25) is 0 Å². The summed E-state index contributed by atoms with van der Waals surface area (Å²) in [6.45, 7) is 6.92. The van der Waals surface area contributed by atoms with Crippen LogP contribution in [0.3, 0.4) is 0 Å². The van der Waals surface area contributed by atoms with Crippen LogP contribution in [0.5, 0.6) is 0 Å². The highest BCUT2D eigenvalue weighted by Crippen LogP contribution is 2.18. The fourth-order valence-electron chi connectivity index (χ4n) is 2.02. The molecule has 0 aliphatic heterocycles. The number of benzene rings is 1. The molecule has 0 bridgehead atoms. The monoisotopic (exact) mass is 238 g/mol. The van der Waals surface area contributed by atoms with Crippen LogP contribution in [0.4, 0.5) is 10.1 Å². The third-order valence-electron chi connectivity index (χ3n) is 2.99. The Morgan fingerprint density at radius 2 is 2.18 bits per heavy atom. The second-order valence-corrected chi connectivity index (χ2v) is 4.55. The van der Waals surface area contributed by atoms with E-state index in [2.05, 4.69) is 18.7 Å². The largest absolute Gasteiger partial charge is 0.371 e. The molecule has 0 saturated heterocycles. The average molecular weight is 238 g/mol. The lowest BCUT2D eigenvalue weighted by Gasteiger charge is -2.26. The molecule has 96 valence electrons. The predicted octanol–water partition coefficient (Wildman–Crippen LogP) is 3.03. The minimum Gasteiger partial charge on any atom is -0.371 e. The molecule has 0 fully saturated rings. The summed E-state index contributed by atoms with van der Waals surface area (Å²) in [7, 11) is 0. The third-order valence-corrected chi connectivity index (χ3v) is 2.99. The van der Waals surface area contributed by atoms with Crippen molar-refractivity contribution in [1.29, 1.82) is 0 Å². The predicted molar refractivity (Wildman–Crippen MR) is 71.7 cm³/mol. The quantitative estimate of drug-likeness (QED) is 0.791. The van der Waals surface area contributed by atoms with Crippen molar-refractivity contribution in [2.24, 2.45) is 11.7 Å². The van der Waals surface area contributed by atoms with Gasteiger partial charge >= 0.3 is 0 Å². The molecule has 1 unspecified atom stereocenters. The first-order chi connectivity index (χ1) is 8.17. The Morgan fingerprint density at radius 1 is 1.41 bits per heavy atom. The molecule has 1 aromatic carbocycles. The summed E-state index contributed by atoms with van der Waals surface area (Å²) in [5.41, 5.74) is 6.47. The van der Waals surface area contributed by atoms with Crippen molar-refractivity contribution in [2.75, 3.05) is 24.5 Å². The molecule has 1 rings (SSSR count). The molecule has 0 heterocycles. The highest BCUT2D eigenvalue weighted by atomic mass is 19.1. The van der Waals surface area contributed by atoms with E-state index in [0.717, 1.165) is 38.2 Å². The van der Waals surface area contributed by atoms with Crippen LogP contribution >= 0.6 is 0 Å². The van der Waals surface area contributed by atoms with Gasteiger partial charge in [-0.15, -0.1) is 0 Å². The zero-order valence-corrected chi connectivity index (χ0v) is 10.8. The molecular weight excluding hydrogens is 215 g/mol. The van der Waals surface area contributed by atoms with E-state index in [1.807, 2.05) is 6.07 Å². The molecule has 0 spiro atoms. The first-order valence-corrected chi connectivity index (χ1v) is 6.38. The lowest BCUT2D eigenvalue weighted by Crippen LogP contribution is -2.28. The van der Waals surface area contributed by atoms with Gasteiger partial charge in [0, 0.05) is 18.8 Å². The van der Waals surface area contributed by atoms with Crippen molar-refractivity contribution < 1.29 is 4.39 Å². The fraction of sp³-hybridized carbons (Fsp3) is 0.571. The summed E-state index contributed by atoms with van der Waals surface area (Å²) in [5.74, 6) is 0.414. The van der Waals surface area contributed by atoms with Crippen molar-refractivity contribution >= 4 is 5.69 Å². The van der Waals surface area contributed by atoms with Gasteiger partial charge in [0.15, 0.2) is 0 Å². The maximum absolute atomic E-state index is 13.2. The molecule has 1 atom stereocenters. The van der Waals surface area contributed by atoms with Gasteiger partial charge in [-0.3, -0.25) is 0 Å². The molecule has 0 amide bonds. The minimum atomic E-state index is -0.171. The van der Waals surface area contributed by atoms with Crippen LogP contribution in [0, 0.1) is 11.7 Å². The topological polar surface area (TPSA) is 29.3 Å². The van der Waals surface area contributed by atoms with Crippen LogP contribution in [-0.2, 0) is 0 Å². The number of hydrogen-bond acceptors (Lipinski definition) is 2. The van der Waals surface area contributed by atoms with E-state index in [1.165, 1.54) is 6.07 Å². The Morgan fingerprint density at radius 3 is 2.76 bits per heavy atom. The summed E-state index contributed by atoms with van der Waals surface area (Å²) >= 11 is 0. The molecule has 17 heavy (non-hydrogen) atoms. The van der Waals surface area contributed by atoms with Crippen molar-refractivity contribution in [3.8, 4) is 0 Å². The Bertz CT molecular complexity index is 328. The van der Waals surface area contributed by atoms with Gasteiger partial charge in [0.1, 0.15) is 5.82 Å². The zero-order chi connectivity index (χ0) is 12.7. The molecule has 2 N–H and O–H groups in total. The van der Waals surface area contributed by atoms with Crippen LogP contribution in [0.25, 0.3) is 0 Å². The van der Waals surface area contributed by atoms with Crippen LogP contribution in [-0.4, -0.2) is 19.6 Å². The highest BCUT2D eigenvalue weighted by molar-refractivity contribution is 5.46. The van der Waals surface area contributed by atoms with Crippen molar-refractivity contribution in [2.45, 2.75) is 26.7 Å². The van der Waals surface area contributed by atoms with E-state index in [4.69, 9.17) is 5.73 Å². The Labute approximate surface area is 104 Å². The molecule has 3 heteroatoms. The SMILES string of the molecule is CCN(CC(C)CCCN)c1cccc(F)c1. The van der Waals surface area contributed by atoms with E-state index in [0.29, 0.717) is 5.92 Å². The first kappa shape index (κ1) is 14.0. The Balaban J connectivity index is 2.59. The second-order valence-electron chi connectivity index (χ2n) is 4.55. The fourth-order valence-corrected chi connectivity index (χ4v) is 2.02. The van der Waals surface area contributed by atoms with Gasteiger partial charge in [0.2, 0.25) is 0 Å². The van der Waals surface area contributed by atoms with Crippen LogP contribution < -0.4 is 10.6 Å². The van der Waals surface area contributed by atoms with Gasteiger partial charge in [-0.2, -0.15) is 0 Å². The van der Waals surface area contributed by atoms with Crippen molar-refractivity contribution in [1.82, 2.24) is 0 Å². The summed E-state index contributed by atoms with van der Waals surface area (Å²) in [4.78, 5) is 2.21. The lowest BCUT2D eigenvalue weighted by molar-refractivity contribution is 0.505. The Hall–Kier alpha value is -1.09. The maximum Gasteiger partial charge on any atom is 0.125 e. The number of halogens is 1. The van der Waals surface area contributed by atoms with E-state index in [-0.39, 0.29) is 5.82 Å². The van der Waals surface area contributed by atoms with E-state index in [1.54, 1.807) is 12.1 Å². The maximum atomic E-state index is 13.2. The van der Waals surface area contributed by atoms with Gasteiger partial charge in [0.25, 0.3) is 0 Å². The van der Waals surface area contributed by atoms with E-state index in [9.17, 15) is 4.39 Å². The summed E-state index contributed by atoms with van der Waals surface area (Å²) in [6, 6.07) is 6.80. The van der Waals surface area contributed by atoms with Gasteiger partial charge in [-0.25, -0.2) is 4.39 Å². The number of nitrogens with zero attached hydrogens (tertiary/aromatic N) is 1. The molecule has 0 radical (unpaired) electrons. The van der Waals surface area contributed by atoms with E-state index >= 15 is 0 Å². The normalized spacial score (nSPS) is 12.5. The number of rotatable bonds is 7.